The number of rotatable bonds is 5. The Morgan fingerprint density at radius 2 is 2.17 bits per heavy atom. The number of hydrogen-bond donors (Lipinski definition) is 0. The van der Waals surface area contributed by atoms with Gasteiger partial charge >= 0.3 is 5.97 Å². The van der Waals surface area contributed by atoms with E-state index >= 15 is 0 Å². The first-order valence-electron chi connectivity index (χ1n) is 8.53. The molecule has 1 saturated heterocycles. The topological polar surface area (TPSA) is 38.8 Å². The Morgan fingerprint density at radius 1 is 1.43 bits per heavy atom. The van der Waals surface area contributed by atoms with E-state index in [1.54, 1.807) is 0 Å². The van der Waals surface area contributed by atoms with E-state index in [9.17, 15) is 4.79 Å². The van der Waals surface area contributed by atoms with E-state index < -0.39 is 5.41 Å². The van der Waals surface area contributed by atoms with Crippen molar-refractivity contribution in [2.24, 2.45) is 5.92 Å². The van der Waals surface area contributed by atoms with Crippen LogP contribution in [-0.2, 0) is 14.9 Å². The third kappa shape index (κ3) is 3.69. The second-order valence-corrected chi connectivity index (χ2v) is 6.80. The molecule has 0 N–H and O–H groups in total. The van der Waals surface area contributed by atoms with Crippen LogP contribution in [0.15, 0.2) is 24.3 Å². The Labute approximate surface area is 139 Å². The quantitative estimate of drug-likeness (QED) is 0.781. The van der Waals surface area contributed by atoms with Crippen molar-refractivity contribution in [3.63, 3.8) is 0 Å². The number of carbonyl (C=O) groups is 1. The molecule has 0 radical (unpaired) electrons. The first-order valence-corrected chi connectivity index (χ1v) is 8.53. The number of esters is 1. The number of piperidine rings is 1. The van der Waals surface area contributed by atoms with Gasteiger partial charge in [-0.1, -0.05) is 19.1 Å². The zero-order chi connectivity index (χ0) is 17.0. The van der Waals surface area contributed by atoms with E-state index in [0.717, 1.165) is 30.8 Å². The molecular formula is C19H29NO3. The number of carbonyl (C=O) groups excluding carboxylic acids is 1. The second kappa shape index (κ2) is 7.35. The van der Waals surface area contributed by atoms with Gasteiger partial charge < -0.3 is 14.4 Å². The maximum absolute atomic E-state index is 12.9. The van der Waals surface area contributed by atoms with Crippen molar-refractivity contribution in [1.29, 1.82) is 0 Å². The van der Waals surface area contributed by atoms with Crippen molar-refractivity contribution in [2.75, 3.05) is 26.7 Å². The summed E-state index contributed by atoms with van der Waals surface area (Å²) in [5.41, 5.74) is 0.425. The van der Waals surface area contributed by atoms with E-state index in [1.165, 1.54) is 0 Å². The summed E-state index contributed by atoms with van der Waals surface area (Å²) >= 11 is 0. The molecule has 0 aliphatic carbocycles. The van der Waals surface area contributed by atoms with Crippen molar-refractivity contribution < 1.29 is 14.3 Å². The highest BCUT2D eigenvalue weighted by Gasteiger charge is 2.48. The van der Waals surface area contributed by atoms with Gasteiger partial charge in [0.2, 0.25) is 0 Å². The summed E-state index contributed by atoms with van der Waals surface area (Å²) < 4.78 is 11.3. The molecule has 2 rings (SSSR count). The van der Waals surface area contributed by atoms with E-state index in [1.807, 2.05) is 45.0 Å². The summed E-state index contributed by atoms with van der Waals surface area (Å²) in [4.78, 5) is 15.2. The lowest BCUT2D eigenvalue weighted by atomic mass is 9.66. The van der Waals surface area contributed by atoms with E-state index in [-0.39, 0.29) is 18.0 Å². The first kappa shape index (κ1) is 17.8. The zero-order valence-corrected chi connectivity index (χ0v) is 15.0. The van der Waals surface area contributed by atoms with Crippen LogP contribution in [0.2, 0.25) is 0 Å². The minimum atomic E-state index is -0.584. The van der Waals surface area contributed by atoms with Gasteiger partial charge in [-0.25, -0.2) is 0 Å². The van der Waals surface area contributed by atoms with Crippen LogP contribution in [-0.4, -0.2) is 43.7 Å². The van der Waals surface area contributed by atoms with Crippen LogP contribution in [0.5, 0.6) is 5.75 Å². The number of nitrogens with zero attached hydrogens (tertiary/aromatic N) is 1. The normalized spacial score (nSPS) is 25.4. The summed E-state index contributed by atoms with van der Waals surface area (Å²) in [7, 11) is 2.10. The fourth-order valence-corrected chi connectivity index (χ4v) is 3.56. The van der Waals surface area contributed by atoms with Gasteiger partial charge in [0.1, 0.15) is 5.75 Å². The third-order valence-corrected chi connectivity index (χ3v) is 4.68. The van der Waals surface area contributed by atoms with Crippen molar-refractivity contribution in [3.05, 3.63) is 29.8 Å². The summed E-state index contributed by atoms with van der Waals surface area (Å²) in [6.07, 6.45) is 0.882. The Kier molecular flexibility index (Phi) is 5.69. The maximum atomic E-state index is 12.9. The highest BCUT2D eigenvalue weighted by molar-refractivity contribution is 5.84. The average molecular weight is 319 g/mol. The Bertz CT molecular complexity index is 543. The minimum absolute atomic E-state index is 0.109. The number of hydrogen-bond acceptors (Lipinski definition) is 4. The van der Waals surface area contributed by atoms with Crippen LogP contribution in [0.4, 0.5) is 0 Å². The summed E-state index contributed by atoms with van der Waals surface area (Å²) in [5, 5.41) is 0. The van der Waals surface area contributed by atoms with E-state index in [2.05, 4.69) is 18.9 Å². The van der Waals surface area contributed by atoms with Gasteiger partial charge in [0.25, 0.3) is 0 Å². The molecule has 1 aliphatic heterocycles. The van der Waals surface area contributed by atoms with Crippen molar-refractivity contribution in [3.8, 4) is 5.75 Å². The first-order chi connectivity index (χ1) is 10.9. The van der Waals surface area contributed by atoms with Crippen LogP contribution in [0.3, 0.4) is 0 Å². The maximum Gasteiger partial charge on any atom is 0.316 e. The Hall–Kier alpha value is -1.55. The number of ether oxygens (including phenoxy) is 2. The van der Waals surface area contributed by atoms with Gasteiger partial charge in [0.15, 0.2) is 0 Å². The van der Waals surface area contributed by atoms with Gasteiger partial charge in [-0.3, -0.25) is 4.79 Å². The minimum Gasteiger partial charge on any atom is -0.491 e. The monoisotopic (exact) mass is 319 g/mol. The van der Waals surface area contributed by atoms with Crippen LogP contribution in [0, 0.1) is 5.92 Å². The molecule has 0 unspecified atom stereocenters. The van der Waals surface area contributed by atoms with Crippen molar-refractivity contribution in [1.82, 2.24) is 4.90 Å². The van der Waals surface area contributed by atoms with Crippen LogP contribution < -0.4 is 4.74 Å². The third-order valence-electron chi connectivity index (χ3n) is 4.68. The van der Waals surface area contributed by atoms with Crippen molar-refractivity contribution >= 4 is 5.97 Å². The van der Waals surface area contributed by atoms with Crippen LogP contribution in [0.25, 0.3) is 0 Å². The lowest BCUT2D eigenvalue weighted by Gasteiger charge is -2.44. The lowest BCUT2D eigenvalue weighted by Crippen LogP contribution is -2.53. The van der Waals surface area contributed by atoms with Crippen LogP contribution >= 0.6 is 0 Å². The molecular weight excluding hydrogens is 290 g/mol. The average Bonchev–Trinajstić information content (AvgIpc) is 2.47. The molecule has 1 aromatic carbocycles. The summed E-state index contributed by atoms with van der Waals surface area (Å²) in [5.74, 6) is 0.893. The van der Waals surface area contributed by atoms with Gasteiger partial charge in [-0.15, -0.1) is 0 Å². The van der Waals surface area contributed by atoms with Crippen molar-refractivity contribution in [2.45, 2.75) is 45.6 Å². The predicted molar refractivity (Wildman–Crippen MR) is 91.8 cm³/mol. The van der Waals surface area contributed by atoms with Gasteiger partial charge in [-0.2, -0.15) is 0 Å². The number of benzene rings is 1. The largest absolute Gasteiger partial charge is 0.491 e. The highest BCUT2D eigenvalue weighted by atomic mass is 16.5. The Balaban J connectivity index is 2.43. The second-order valence-electron chi connectivity index (χ2n) is 6.80. The van der Waals surface area contributed by atoms with Gasteiger partial charge in [-0.05, 0) is 64.4 Å². The SMILES string of the molecule is CCOC(=O)[C@]1(c2cccc(OC(C)C)c2)CCN(C)C[C@H]1C. The molecule has 1 fully saturated rings. The van der Waals surface area contributed by atoms with Crippen LogP contribution in [0.1, 0.15) is 39.7 Å². The molecule has 0 aromatic heterocycles. The van der Waals surface area contributed by atoms with E-state index in [4.69, 9.17) is 9.47 Å². The molecule has 1 heterocycles. The highest BCUT2D eigenvalue weighted by Crippen LogP contribution is 2.41. The zero-order valence-electron chi connectivity index (χ0n) is 15.0. The molecule has 0 amide bonds. The molecule has 1 aliphatic rings. The summed E-state index contributed by atoms with van der Waals surface area (Å²) in [6, 6.07) is 7.96. The smallest absolute Gasteiger partial charge is 0.316 e. The van der Waals surface area contributed by atoms with Gasteiger partial charge in [0, 0.05) is 6.54 Å². The fraction of sp³-hybridized carbons (Fsp3) is 0.632. The molecule has 4 nitrogen and oxygen atoms in total. The Morgan fingerprint density at radius 3 is 2.78 bits per heavy atom. The molecule has 2 atom stereocenters. The molecule has 1 aromatic rings. The van der Waals surface area contributed by atoms with Gasteiger partial charge in [0.05, 0.1) is 18.1 Å². The molecule has 128 valence electrons. The standard InChI is InChI=1S/C19H29NO3/c1-6-22-18(21)19(10-11-20(5)13-15(19)4)16-8-7-9-17(12-16)23-14(2)3/h7-9,12,14-15H,6,10-11,13H2,1-5H3/t15-,19-/m1/s1. The van der Waals surface area contributed by atoms with E-state index in [0.29, 0.717) is 6.61 Å². The number of likely N-dealkylation sites (tertiary alicyclic amines) is 1. The molecule has 0 saturated carbocycles. The molecule has 4 heteroatoms. The fourth-order valence-electron chi connectivity index (χ4n) is 3.56. The molecule has 0 spiro atoms. The summed E-state index contributed by atoms with van der Waals surface area (Å²) in [6.45, 7) is 10.2. The predicted octanol–water partition coefficient (Wildman–Crippen LogP) is 3.25. The lowest BCUT2D eigenvalue weighted by molar-refractivity contribution is -0.154. The molecule has 23 heavy (non-hydrogen) atoms. The molecule has 0 bridgehead atoms.